The zero-order chi connectivity index (χ0) is 10.1. The van der Waals surface area contributed by atoms with Crippen molar-refractivity contribution in [1.29, 1.82) is 0 Å². The lowest BCUT2D eigenvalue weighted by atomic mass is 9.93. The normalized spacial score (nSPS) is 24.7. The molecule has 78 valence electrons. The molecule has 1 rings (SSSR count). The Morgan fingerprint density at radius 1 is 1.46 bits per heavy atom. The van der Waals surface area contributed by atoms with Crippen LogP contribution in [0.4, 0.5) is 0 Å². The third-order valence-corrected chi connectivity index (χ3v) is 2.76. The van der Waals surface area contributed by atoms with E-state index in [0.29, 0.717) is 0 Å². The molecule has 0 aliphatic carbocycles. The van der Waals surface area contributed by atoms with Crippen LogP contribution in [0.15, 0.2) is 0 Å². The first-order valence-electron chi connectivity index (χ1n) is 4.86. The van der Waals surface area contributed by atoms with E-state index in [1.54, 1.807) is 0 Å². The van der Waals surface area contributed by atoms with Crippen LogP contribution in [0.1, 0.15) is 27.7 Å². The number of aliphatic hydroxyl groups is 1. The van der Waals surface area contributed by atoms with E-state index in [0.717, 1.165) is 19.8 Å². The van der Waals surface area contributed by atoms with Crippen molar-refractivity contribution in [2.24, 2.45) is 0 Å². The number of ether oxygens (including phenoxy) is 1. The smallest absolute Gasteiger partial charge is 0.0645 e. The summed E-state index contributed by atoms with van der Waals surface area (Å²) in [5, 5.41) is 9.30. The molecule has 1 heterocycles. The Morgan fingerprint density at radius 3 is 2.54 bits per heavy atom. The second kappa shape index (κ2) is 3.56. The van der Waals surface area contributed by atoms with Crippen LogP contribution < -0.4 is 0 Å². The highest BCUT2D eigenvalue weighted by molar-refractivity contribution is 4.93. The zero-order valence-electron chi connectivity index (χ0n) is 9.13. The molecule has 1 aliphatic rings. The van der Waals surface area contributed by atoms with Gasteiger partial charge in [0.25, 0.3) is 0 Å². The molecule has 3 nitrogen and oxygen atoms in total. The molecule has 0 aromatic heterocycles. The summed E-state index contributed by atoms with van der Waals surface area (Å²) in [7, 11) is 0. The molecule has 13 heavy (non-hydrogen) atoms. The monoisotopic (exact) mass is 187 g/mol. The van der Waals surface area contributed by atoms with Crippen molar-refractivity contribution >= 4 is 0 Å². The average molecular weight is 187 g/mol. The summed E-state index contributed by atoms with van der Waals surface area (Å²) in [6, 6.07) is 0. The van der Waals surface area contributed by atoms with E-state index in [9.17, 15) is 5.11 Å². The van der Waals surface area contributed by atoms with Crippen LogP contribution in [0, 0.1) is 0 Å². The largest absolute Gasteiger partial charge is 0.394 e. The molecule has 0 spiro atoms. The topological polar surface area (TPSA) is 32.7 Å². The van der Waals surface area contributed by atoms with Crippen LogP contribution in [-0.2, 0) is 4.74 Å². The Bertz CT molecular complexity index is 170. The second-order valence-corrected chi connectivity index (χ2v) is 4.99. The van der Waals surface area contributed by atoms with Gasteiger partial charge >= 0.3 is 0 Å². The third kappa shape index (κ3) is 2.22. The first-order chi connectivity index (χ1) is 5.90. The van der Waals surface area contributed by atoms with E-state index in [-0.39, 0.29) is 17.7 Å². The standard InChI is InChI=1S/C10H21NO2/c1-9(2,7-12)11-5-6-13-8-10(11,3)4/h12H,5-8H2,1-4H3. The Balaban J connectivity index is 2.76. The Kier molecular flexibility index (Phi) is 3.00. The van der Waals surface area contributed by atoms with Crippen molar-refractivity contribution in [2.45, 2.75) is 38.8 Å². The maximum absolute atomic E-state index is 9.30. The van der Waals surface area contributed by atoms with Crippen LogP contribution in [0.5, 0.6) is 0 Å². The van der Waals surface area contributed by atoms with Crippen molar-refractivity contribution in [2.75, 3.05) is 26.4 Å². The minimum absolute atomic E-state index is 0.0322. The van der Waals surface area contributed by atoms with Crippen molar-refractivity contribution in [3.63, 3.8) is 0 Å². The molecule has 1 N–H and O–H groups in total. The number of hydrogen-bond acceptors (Lipinski definition) is 3. The fraction of sp³-hybridized carbons (Fsp3) is 1.00. The van der Waals surface area contributed by atoms with E-state index in [2.05, 4.69) is 32.6 Å². The van der Waals surface area contributed by atoms with E-state index in [4.69, 9.17) is 4.74 Å². The molecule has 1 fully saturated rings. The molecule has 0 unspecified atom stereocenters. The molecule has 0 aromatic rings. The van der Waals surface area contributed by atoms with Gasteiger partial charge in [-0.2, -0.15) is 0 Å². The van der Waals surface area contributed by atoms with E-state index < -0.39 is 0 Å². The van der Waals surface area contributed by atoms with Gasteiger partial charge in [-0.1, -0.05) is 0 Å². The maximum Gasteiger partial charge on any atom is 0.0645 e. The van der Waals surface area contributed by atoms with Crippen LogP contribution >= 0.6 is 0 Å². The maximum atomic E-state index is 9.30. The molecule has 1 saturated heterocycles. The molecule has 0 atom stereocenters. The summed E-state index contributed by atoms with van der Waals surface area (Å²) in [6.45, 7) is 11.1. The number of nitrogens with zero attached hydrogens (tertiary/aromatic N) is 1. The third-order valence-electron chi connectivity index (χ3n) is 2.76. The van der Waals surface area contributed by atoms with Gasteiger partial charge in [0.2, 0.25) is 0 Å². The van der Waals surface area contributed by atoms with Gasteiger partial charge in [-0.05, 0) is 27.7 Å². The highest BCUT2D eigenvalue weighted by Gasteiger charge is 2.39. The molecule has 3 heteroatoms. The highest BCUT2D eigenvalue weighted by Crippen LogP contribution is 2.27. The van der Waals surface area contributed by atoms with Crippen molar-refractivity contribution in [3.05, 3.63) is 0 Å². The van der Waals surface area contributed by atoms with Crippen LogP contribution in [0.3, 0.4) is 0 Å². The SMILES string of the molecule is CC(C)(CO)N1CCOCC1(C)C. The molecule has 1 aliphatic heterocycles. The Hall–Kier alpha value is -0.120. The lowest BCUT2D eigenvalue weighted by Gasteiger charge is -2.50. The average Bonchev–Trinajstić information content (AvgIpc) is 2.03. The lowest BCUT2D eigenvalue weighted by molar-refractivity contribution is -0.108. The molecule has 0 saturated carbocycles. The van der Waals surface area contributed by atoms with Crippen LogP contribution in [0.2, 0.25) is 0 Å². The van der Waals surface area contributed by atoms with Gasteiger partial charge in [-0.3, -0.25) is 4.90 Å². The van der Waals surface area contributed by atoms with Crippen molar-refractivity contribution in [3.8, 4) is 0 Å². The minimum atomic E-state index is -0.146. The predicted molar refractivity (Wildman–Crippen MR) is 52.8 cm³/mol. The lowest BCUT2D eigenvalue weighted by Crippen LogP contribution is -2.62. The van der Waals surface area contributed by atoms with Crippen molar-refractivity contribution < 1.29 is 9.84 Å². The van der Waals surface area contributed by atoms with Gasteiger partial charge in [0, 0.05) is 17.6 Å². The first-order valence-corrected chi connectivity index (χ1v) is 4.86. The van der Waals surface area contributed by atoms with Gasteiger partial charge in [-0.15, -0.1) is 0 Å². The molecular formula is C10H21NO2. The summed E-state index contributed by atoms with van der Waals surface area (Å²) in [5.74, 6) is 0. The summed E-state index contributed by atoms with van der Waals surface area (Å²) in [6.07, 6.45) is 0. The van der Waals surface area contributed by atoms with E-state index in [1.807, 2.05) is 0 Å². The van der Waals surface area contributed by atoms with Crippen LogP contribution in [0.25, 0.3) is 0 Å². The summed E-state index contributed by atoms with van der Waals surface area (Å²) < 4.78 is 5.43. The van der Waals surface area contributed by atoms with Gasteiger partial charge in [-0.25, -0.2) is 0 Å². The van der Waals surface area contributed by atoms with Gasteiger partial charge in [0.1, 0.15) is 0 Å². The highest BCUT2D eigenvalue weighted by atomic mass is 16.5. The molecule has 0 radical (unpaired) electrons. The predicted octanol–water partition coefficient (Wildman–Crippen LogP) is 0.868. The summed E-state index contributed by atoms with van der Waals surface area (Å²) in [5.41, 5.74) is -0.113. The second-order valence-electron chi connectivity index (χ2n) is 4.99. The van der Waals surface area contributed by atoms with E-state index in [1.165, 1.54) is 0 Å². The molecule has 0 amide bonds. The van der Waals surface area contributed by atoms with Crippen LogP contribution in [-0.4, -0.2) is 47.4 Å². The summed E-state index contributed by atoms with van der Waals surface area (Å²) in [4.78, 5) is 2.32. The number of aliphatic hydroxyl groups excluding tert-OH is 1. The number of hydrogen-bond donors (Lipinski definition) is 1. The van der Waals surface area contributed by atoms with E-state index >= 15 is 0 Å². The zero-order valence-corrected chi connectivity index (χ0v) is 9.13. The Labute approximate surface area is 80.7 Å². The quantitative estimate of drug-likeness (QED) is 0.696. The first kappa shape index (κ1) is 11.0. The fourth-order valence-corrected chi connectivity index (χ4v) is 2.07. The van der Waals surface area contributed by atoms with Gasteiger partial charge in [0.05, 0.1) is 19.8 Å². The van der Waals surface area contributed by atoms with Gasteiger partial charge in [0.15, 0.2) is 0 Å². The summed E-state index contributed by atoms with van der Waals surface area (Å²) >= 11 is 0. The number of morpholine rings is 1. The Morgan fingerprint density at radius 2 is 2.08 bits per heavy atom. The minimum Gasteiger partial charge on any atom is -0.394 e. The molecule has 0 bridgehead atoms. The fourth-order valence-electron chi connectivity index (χ4n) is 2.07. The van der Waals surface area contributed by atoms with Crippen molar-refractivity contribution in [1.82, 2.24) is 4.90 Å². The number of rotatable bonds is 2. The molecular weight excluding hydrogens is 166 g/mol. The van der Waals surface area contributed by atoms with Gasteiger partial charge < -0.3 is 9.84 Å². The molecule has 0 aromatic carbocycles.